The maximum atomic E-state index is 11.4. The van der Waals surface area contributed by atoms with Gasteiger partial charge in [-0.15, -0.1) is 0 Å². The first-order valence-electron chi connectivity index (χ1n) is 7.37. The first kappa shape index (κ1) is 15.3. The zero-order valence-corrected chi connectivity index (χ0v) is 12.1. The number of likely N-dealkylation sites (tertiary alicyclic amines) is 1. The smallest absolute Gasteiger partial charge is 0.305 e. The van der Waals surface area contributed by atoms with Crippen LogP contribution in [0.15, 0.2) is 0 Å². The minimum atomic E-state index is -0.315. The van der Waals surface area contributed by atoms with Gasteiger partial charge in [-0.05, 0) is 37.6 Å². The first-order valence-corrected chi connectivity index (χ1v) is 7.37. The number of carbonyl (C=O) groups excluding carboxylic acids is 2. The van der Waals surface area contributed by atoms with Crippen LogP contribution < -0.4 is 11.1 Å². The number of esters is 1. The number of nitrogens with zero attached hydrogens (tertiary/aromatic N) is 1. The molecule has 0 spiro atoms. The van der Waals surface area contributed by atoms with Gasteiger partial charge in [0, 0.05) is 25.6 Å². The Kier molecular flexibility index (Phi) is 5.37. The number of ether oxygens (including phenoxy) is 1. The number of piperidine rings is 1. The Balaban J connectivity index is 1.86. The van der Waals surface area contributed by atoms with Crippen LogP contribution in [0.2, 0.25) is 0 Å². The Morgan fingerprint density at radius 1 is 1.30 bits per heavy atom. The van der Waals surface area contributed by atoms with Crippen molar-refractivity contribution in [3.63, 3.8) is 0 Å². The molecule has 0 bridgehead atoms. The average molecular weight is 283 g/mol. The summed E-state index contributed by atoms with van der Waals surface area (Å²) in [7, 11) is 1.41. The van der Waals surface area contributed by atoms with Gasteiger partial charge in [0.2, 0.25) is 5.91 Å². The summed E-state index contributed by atoms with van der Waals surface area (Å²) in [5, 5.41) is 3.56. The molecular weight excluding hydrogens is 258 g/mol. The van der Waals surface area contributed by atoms with Crippen LogP contribution in [0, 0.1) is 11.8 Å². The molecule has 2 rings (SSSR count). The number of hydrogen-bond donors (Lipinski definition) is 2. The van der Waals surface area contributed by atoms with Gasteiger partial charge in [-0.2, -0.15) is 0 Å². The fourth-order valence-electron chi connectivity index (χ4n) is 2.92. The van der Waals surface area contributed by atoms with Gasteiger partial charge in [-0.3, -0.25) is 14.5 Å². The third-order valence-electron chi connectivity index (χ3n) is 4.07. The number of rotatable bonds is 7. The van der Waals surface area contributed by atoms with Crippen molar-refractivity contribution >= 4 is 11.9 Å². The molecule has 2 unspecified atom stereocenters. The van der Waals surface area contributed by atoms with E-state index in [9.17, 15) is 9.59 Å². The monoisotopic (exact) mass is 283 g/mol. The van der Waals surface area contributed by atoms with E-state index in [0.29, 0.717) is 12.5 Å². The fourth-order valence-corrected chi connectivity index (χ4v) is 2.92. The van der Waals surface area contributed by atoms with Crippen molar-refractivity contribution in [2.75, 3.05) is 33.3 Å². The van der Waals surface area contributed by atoms with Gasteiger partial charge < -0.3 is 15.8 Å². The summed E-state index contributed by atoms with van der Waals surface area (Å²) in [6.45, 7) is 2.87. The Hall–Kier alpha value is -1.14. The van der Waals surface area contributed by atoms with E-state index in [2.05, 4.69) is 5.32 Å². The molecule has 6 nitrogen and oxygen atoms in total. The first-order chi connectivity index (χ1) is 9.56. The molecule has 114 valence electrons. The molecule has 3 N–H and O–H groups in total. The number of nitrogens with two attached hydrogens (primary N) is 1. The lowest BCUT2D eigenvalue weighted by Crippen LogP contribution is -2.52. The van der Waals surface area contributed by atoms with Gasteiger partial charge in [0.1, 0.15) is 0 Å². The highest BCUT2D eigenvalue weighted by Gasteiger charge is 2.30. The predicted octanol–water partition coefficient (Wildman–Crippen LogP) is -0.275. The zero-order chi connectivity index (χ0) is 14.5. The molecule has 0 aromatic carbocycles. The van der Waals surface area contributed by atoms with Crippen LogP contribution in [0.5, 0.6) is 0 Å². The molecule has 20 heavy (non-hydrogen) atoms. The van der Waals surface area contributed by atoms with E-state index in [1.807, 2.05) is 4.90 Å². The molecule has 1 saturated heterocycles. The molecule has 2 aliphatic rings. The zero-order valence-electron chi connectivity index (χ0n) is 12.1. The molecule has 6 heteroatoms. The van der Waals surface area contributed by atoms with Crippen molar-refractivity contribution in [2.45, 2.75) is 31.7 Å². The van der Waals surface area contributed by atoms with E-state index in [4.69, 9.17) is 10.5 Å². The molecule has 0 aromatic heterocycles. The molecular formula is C14H25N3O3. The number of carbonyl (C=O) groups is 2. The van der Waals surface area contributed by atoms with Crippen LogP contribution in [-0.4, -0.2) is 56.1 Å². The standard InChI is InChI=1S/C14H25N3O3/c1-20-14(19)5-11-4-12(16-6-10-2-3-10)8-17(7-11)9-13(15)18/h10-12,16H,2-9H2,1H3,(H2,15,18). The van der Waals surface area contributed by atoms with E-state index in [0.717, 1.165) is 32.0 Å². The molecule has 1 saturated carbocycles. The van der Waals surface area contributed by atoms with Gasteiger partial charge in [0.25, 0.3) is 0 Å². The van der Waals surface area contributed by atoms with E-state index >= 15 is 0 Å². The summed E-state index contributed by atoms with van der Waals surface area (Å²) in [6, 6.07) is 0.332. The lowest BCUT2D eigenvalue weighted by atomic mass is 9.91. The maximum Gasteiger partial charge on any atom is 0.305 e. The minimum Gasteiger partial charge on any atom is -0.469 e. The molecule has 1 aliphatic carbocycles. The minimum absolute atomic E-state index is 0.183. The van der Waals surface area contributed by atoms with Crippen molar-refractivity contribution < 1.29 is 14.3 Å². The highest BCUT2D eigenvalue weighted by Crippen LogP contribution is 2.28. The summed E-state index contributed by atoms with van der Waals surface area (Å²) < 4.78 is 4.74. The van der Waals surface area contributed by atoms with E-state index < -0.39 is 0 Å². The van der Waals surface area contributed by atoms with Crippen molar-refractivity contribution in [3.05, 3.63) is 0 Å². The highest BCUT2D eigenvalue weighted by molar-refractivity contribution is 5.76. The maximum absolute atomic E-state index is 11.4. The summed E-state index contributed by atoms with van der Waals surface area (Å²) >= 11 is 0. The quantitative estimate of drug-likeness (QED) is 0.628. The summed E-state index contributed by atoms with van der Waals surface area (Å²) in [5.41, 5.74) is 5.28. The fraction of sp³-hybridized carbons (Fsp3) is 0.857. The normalized spacial score (nSPS) is 27.2. The SMILES string of the molecule is COC(=O)CC1CC(NCC2CC2)CN(CC(N)=O)C1. The third-order valence-corrected chi connectivity index (χ3v) is 4.07. The molecule has 0 aromatic rings. The van der Waals surface area contributed by atoms with Crippen LogP contribution in [-0.2, 0) is 14.3 Å². The average Bonchev–Trinajstić information content (AvgIpc) is 3.19. The van der Waals surface area contributed by atoms with E-state index in [1.54, 1.807) is 0 Å². The van der Waals surface area contributed by atoms with Crippen molar-refractivity contribution in [1.82, 2.24) is 10.2 Å². The number of hydrogen-bond acceptors (Lipinski definition) is 5. The van der Waals surface area contributed by atoms with Crippen LogP contribution in [0.4, 0.5) is 0 Å². The summed E-state index contributed by atoms with van der Waals surface area (Å²) in [5.74, 6) is 0.550. The second kappa shape index (κ2) is 7.04. The Morgan fingerprint density at radius 3 is 2.65 bits per heavy atom. The topological polar surface area (TPSA) is 84.7 Å². The van der Waals surface area contributed by atoms with Crippen molar-refractivity contribution in [2.24, 2.45) is 17.6 Å². The van der Waals surface area contributed by atoms with Gasteiger partial charge in [-0.1, -0.05) is 0 Å². The Labute approximate surface area is 120 Å². The Morgan fingerprint density at radius 2 is 2.05 bits per heavy atom. The number of primary amides is 1. The predicted molar refractivity (Wildman–Crippen MR) is 74.9 cm³/mol. The molecule has 1 amide bonds. The number of amides is 1. The van der Waals surface area contributed by atoms with E-state index in [-0.39, 0.29) is 24.3 Å². The third kappa shape index (κ3) is 5.09. The van der Waals surface area contributed by atoms with Gasteiger partial charge in [-0.25, -0.2) is 0 Å². The molecule has 2 fully saturated rings. The number of nitrogens with one attached hydrogen (secondary N) is 1. The summed E-state index contributed by atoms with van der Waals surface area (Å²) in [6.07, 6.45) is 4.00. The molecule has 0 radical (unpaired) electrons. The molecule has 1 heterocycles. The second-order valence-corrected chi connectivity index (χ2v) is 6.09. The molecule has 1 aliphatic heterocycles. The number of methoxy groups -OCH3 is 1. The van der Waals surface area contributed by atoms with Crippen LogP contribution in [0.1, 0.15) is 25.7 Å². The van der Waals surface area contributed by atoms with Crippen LogP contribution >= 0.6 is 0 Å². The largest absolute Gasteiger partial charge is 0.469 e. The van der Waals surface area contributed by atoms with Crippen molar-refractivity contribution in [3.8, 4) is 0 Å². The molecule has 2 atom stereocenters. The Bertz CT molecular complexity index is 358. The summed E-state index contributed by atoms with van der Waals surface area (Å²) in [4.78, 5) is 24.6. The van der Waals surface area contributed by atoms with Crippen molar-refractivity contribution in [1.29, 1.82) is 0 Å². The van der Waals surface area contributed by atoms with Crippen LogP contribution in [0.3, 0.4) is 0 Å². The highest BCUT2D eigenvalue weighted by atomic mass is 16.5. The van der Waals surface area contributed by atoms with E-state index in [1.165, 1.54) is 20.0 Å². The van der Waals surface area contributed by atoms with Gasteiger partial charge >= 0.3 is 5.97 Å². The lowest BCUT2D eigenvalue weighted by molar-refractivity contribution is -0.142. The van der Waals surface area contributed by atoms with Gasteiger partial charge in [0.15, 0.2) is 0 Å². The lowest BCUT2D eigenvalue weighted by Gasteiger charge is -2.37. The van der Waals surface area contributed by atoms with Gasteiger partial charge in [0.05, 0.1) is 13.7 Å². The second-order valence-electron chi connectivity index (χ2n) is 6.09. The van der Waals surface area contributed by atoms with Crippen LogP contribution in [0.25, 0.3) is 0 Å².